The second-order valence-electron chi connectivity index (χ2n) is 19.5. The number of aliphatic hydroxyl groups is 1. The molecule has 0 aliphatic heterocycles. The molecular weight excluding hydrogens is 912 g/mol. The fourth-order valence-corrected chi connectivity index (χ4v) is 7.86. The third-order valence-corrected chi connectivity index (χ3v) is 12.5. The van der Waals surface area contributed by atoms with E-state index in [1.807, 2.05) is 27.2 Å². The van der Waals surface area contributed by atoms with Gasteiger partial charge in [-0.15, -0.1) is 0 Å². The Kier molecular flexibility index (Phi) is 49.6. The fourth-order valence-electron chi connectivity index (χ4n) is 7.14. The van der Waals surface area contributed by atoms with Crippen molar-refractivity contribution in [1.82, 2.24) is 5.32 Å². The molecule has 0 aliphatic carbocycles. The van der Waals surface area contributed by atoms with Crippen molar-refractivity contribution in [3.63, 3.8) is 0 Å². The van der Waals surface area contributed by atoms with E-state index >= 15 is 0 Å². The predicted molar refractivity (Wildman–Crippen MR) is 311 cm³/mol. The summed E-state index contributed by atoms with van der Waals surface area (Å²) in [4.78, 5) is 25.4. The molecule has 72 heavy (non-hydrogen) atoms. The van der Waals surface area contributed by atoms with Gasteiger partial charge in [-0.05, 0) is 109 Å². The molecule has 1 amide bonds. The second-order valence-corrected chi connectivity index (χ2v) is 21.0. The van der Waals surface area contributed by atoms with E-state index in [1.54, 1.807) is 6.08 Å². The minimum Gasteiger partial charge on any atom is -0.756 e. The van der Waals surface area contributed by atoms with Crippen LogP contribution in [-0.2, 0) is 18.4 Å². The average Bonchev–Trinajstić information content (AvgIpc) is 3.34. The van der Waals surface area contributed by atoms with Gasteiger partial charge in [0.05, 0.1) is 39.9 Å². The number of unbranched alkanes of at least 4 members (excludes halogenated alkanes) is 14. The summed E-state index contributed by atoms with van der Waals surface area (Å²) in [6.07, 6.45) is 80.6. The van der Waals surface area contributed by atoms with E-state index in [0.717, 1.165) is 109 Å². The van der Waals surface area contributed by atoms with Crippen molar-refractivity contribution in [3.8, 4) is 0 Å². The molecule has 0 saturated heterocycles. The number of phosphoric ester groups is 1. The number of hydrogen-bond donors (Lipinski definition) is 2. The molecular formula is C63H105N2O6P. The van der Waals surface area contributed by atoms with Crippen LogP contribution < -0.4 is 10.2 Å². The monoisotopic (exact) mass is 1020 g/mol. The Morgan fingerprint density at radius 3 is 1.29 bits per heavy atom. The standard InChI is InChI=1S/C63H105N2O6P/c1-6-8-10-12-14-16-18-20-22-23-24-25-26-27-28-29-30-31-32-33-34-35-36-37-38-39-40-41-43-45-47-49-51-53-55-57-63(67)64-61(60-71-72(68,69)70-59-58-65(3,4)5)62(66)56-54-52-50-48-46-44-42-21-19-17-15-13-11-9-7-2/h8,10,14,16,20,22,24-25,27-28,30-31,33-34,36-37,39-40,43,45-46,48,54,56,61-62,66H,6-7,9,11-13,15,17-19,21,23,26,29,32,35,38,41-42,44,47,49-53,55,57-60H2,1-5H3,(H-,64,67,68,69)/b10-8-,16-14-,22-20-,25-24-,28-27-,31-30-,34-33-,37-36-,40-39-,45-43-,48-46+,56-54+. The number of nitrogens with one attached hydrogen (secondary N) is 1. The second kappa shape index (κ2) is 52.3. The van der Waals surface area contributed by atoms with Crippen LogP contribution in [0.15, 0.2) is 146 Å². The smallest absolute Gasteiger partial charge is 0.268 e. The van der Waals surface area contributed by atoms with Crippen LogP contribution in [0.4, 0.5) is 0 Å². The third-order valence-electron chi connectivity index (χ3n) is 11.5. The first kappa shape index (κ1) is 68.4. The van der Waals surface area contributed by atoms with Gasteiger partial charge >= 0.3 is 0 Å². The molecule has 0 fully saturated rings. The zero-order valence-corrected chi connectivity index (χ0v) is 47.2. The van der Waals surface area contributed by atoms with Crippen molar-refractivity contribution < 1.29 is 32.9 Å². The van der Waals surface area contributed by atoms with E-state index in [2.05, 4.69) is 153 Å². The van der Waals surface area contributed by atoms with Crippen molar-refractivity contribution in [3.05, 3.63) is 146 Å². The van der Waals surface area contributed by atoms with Crippen LogP contribution >= 0.6 is 7.82 Å². The lowest BCUT2D eigenvalue weighted by molar-refractivity contribution is -0.870. The number of nitrogens with zero attached hydrogens (tertiary/aromatic N) is 1. The highest BCUT2D eigenvalue weighted by molar-refractivity contribution is 7.45. The average molecular weight is 1020 g/mol. The molecule has 0 aromatic carbocycles. The molecule has 3 atom stereocenters. The molecule has 0 aliphatic rings. The summed E-state index contributed by atoms with van der Waals surface area (Å²) in [5.41, 5.74) is 0. The Morgan fingerprint density at radius 2 is 0.861 bits per heavy atom. The van der Waals surface area contributed by atoms with E-state index in [-0.39, 0.29) is 12.5 Å². The van der Waals surface area contributed by atoms with E-state index in [9.17, 15) is 19.4 Å². The molecule has 0 bridgehead atoms. The maximum absolute atomic E-state index is 12.9. The maximum atomic E-state index is 12.9. The Hall–Kier alpha value is -3.62. The first-order valence-corrected chi connectivity index (χ1v) is 29.7. The van der Waals surface area contributed by atoms with Gasteiger partial charge in [0.25, 0.3) is 7.82 Å². The van der Waals surface area contributed by atoms with Crippen LogP contribution in [-0.4, -0.2) is 68.5 Å². The first-order valence-electron chi connectivity index (χ1n) is 28.2. The number of phosphoric acid groups is 1. The molecule has 0 heterocycles. The van der Waals surface area contributed by atoms with Crippen LogP contribution in [0.25, 0.3) is 0 Å². The number of carbonyl (C=O) groups excluding carboxylic acids is 1. The maximum Gasteiger partial charge on any atom is 0.268 e. The number of carbonyl (C=O) groups is 1. The van der Waals surface area contributed by atoms with Gasteiger partial charge < -0.3 is 28.8 Å². The molecule has 3 unspecified atom stereocenters. The summed E-state index contributed by atoms with van der Waals surface area (Å²) in [6, 6.07) is -0.928. The zero-order chi connectivity index (χ0) is 52.7. The van der Waals surface area contributed by atoms with Crippen molar-refractivity contribution in [2.45, 2.75) is 206 Å². The zero-order valence-electron chi connectivity index (χ0n) is 46.3. The molecule has 2 N–H and O–H groups in total. The summed E-state index contributed by atoms with van der Waals surface area (Å²) in [5, 5.41) is 13.8. The summed E-state index contributed by atoms with van der Waals surface area (Å²) < 4.78 is 23.3. The van der Waals surface area contributed by atoms with Crippen LogP contribution in [0.1, 0.15) is 194 Å². The lowest BCUT2D eigenvalue weighted by Gasteiger charge is -2.29. The minimum absolute atomic E-state index is 0.0200. The lowest BCUT2D eigenvalue weighted by Crippen LogP contribution is -2.45. The van der Waals surface area contributed by atoms with Crippen molar-refractivity contribution in [2.24, 2.45) is 0 Å². The van der Waals surface area contributed by atoms with Gasteiger partial charge in [-0.2, -0.15) is 0 Å². The van der Waals surface area contributed by atoms with E-state index in [0.29, 0.717) is 23.9 Å². The number of amides is 1. The molecule has 0 aromatic rings. The van der Waals surface area contributed by atoms with Crippen molar-refractivity contribution in [2.75, 3.05) is 40.9 Å². The summed E-state index contributed by atoms with van der Waals surface area (Å²) in [5.74, 6) is -0.239. The highest BCUT2D eigenvalue weighted by Crippen LogP contribution is 2.38. The van der Waals surface area contributed by atoms with Crippen molar-refractivity contribution in [1.29, 1.82) is 0 Å². The largest absolute Gasteiger partial charge is 0.756 e. The number of allylic oxidation sites excluding steroid dienone is 23. The van der Waals surface area contributed by atoms with E-state index in [4.69, 9.17) is 9.05 Å². The molecule has 0 saturated carbocycles. The van der Waals surface area contributed by atoms with Gasteiger partial charge in [0.15, 0.2) is 0 Å². The van der Waals surface area contributed by atoms with Crippen molar-refractivity contribution >= 4 is 13.7 Å². The highest BCUT2D eigenvalue weighted by Gasteiger charge is 2.23. The summed E-state index contributed by atoms with van der Waals surface area (Å²) >= 11 is 0. The number of aliphatic hydroxyl groups excluding tert-OH is 1. The topological polar surface area (TPSA) is 108 Å². The molecule has 0 aromatic heterocycles. The van der Waals surface area contributed by atoms with E-state index < -0.39 is 26.6 Å². The van der Waals surface area contributed by atoms with Crippen LogP contribution in [0.3, 0.4) is 0 Å². The SMILES string of the molecule is CC/C=C\C/C=C\C/C=C\C/C=C\C/C=C\C/C=C\C/C=C\C/C=C\C/C=C\C/C=C\CCCCCCC(=O)NC(COP(=O)([O-])OCC[N+](C)(C)C)C(O)/C=C/CC/C=C/CCCCCCCCCCC. The highest BCUT2D eigenvalue weighted by atomic mass is 31.2. The first-order chi connectivity index (χ1) is 35.0. The molecule has 9 heteroatoms. The molecule has 8 nitrogen and oxygen atoms in total. The Balaban J connectivity index is 4.31. The quantitative estimate of drug-likeness (QED) is 0.0272. The van der Waals surface area contributed by atoms with Crippen LogP contribution in [0, 0.1) is 0 Å². The summed E-state index contributed by atoms with van der Waals surface area (Å²) in [6.45, 7) is 4.46. The van der Waals surface area contributed by atoms with Gasteiger partial charge in [0.1, 0.15) is 13.2 Å². The lowest BCUT2D eigenvalue weighted by atomic mass is 10.1. The van der Waals surface area contributed by atoms with E-state index in [1.165, 1.54) is 57.8 Å². The fraction of sp³-hybridized carbons (Fsp3) is 0.603. The van der Waals surface area contributed by atoms with Gasteiger partial charge in [-0.1, -0.05) is 224 Å². The van der Waals surface area contributed by atoms with Gasteiger partial charge in [-0.3, -0.25) is 9.36 Å². The van der Waals surface area contributed by atoms with Gasteiger partial charge in [0, 0.05) is 6.42 Å². The normalized spacial score (nSPS) is 15.0. The number of likely N-dealkylation sites (N-methyl/N-ethyl adjacent to an activating group) is 1. The number of hydrogen-bond acceptors (Lipinski definition) is 6. The Morgan fingerprint density at radius 1 is 0.500 bits per heavy atom. The Labute approximate surface area is 442 Å². The minimum atomic E-state index is -4.62. The molecule has 0 radical (unpaired) electrons. The summed E-state index contributed by atoms with van der Waals surface area (Å²) in [7, 11) is 1.20. The molecule has 0 spiro atoms. The van der Waals surface area contributed by atoms with Crippen LogP contribution in [0.5, 0.6) is 0 Å². The number of rotatable bonds is 49. The van der Waals surface area contributed by atoms with Gasteiger partial charge in [-0.25, -0.2) is 0 Å². The third kappa shape index (κ3) is 54.2. The predicted octanol–water partition coefficient (Wildman–Crippen LogP) is 16.7. The Bertz CT molecular complexity index is 1670. The van der Waals surface area contributed by atoms with Gasteiger partial charge in [0.2, 0.25) is 5.91 Å². The molecule has 0 rings (SSSR count). The van der Waals surface area contributed by atoms with Crippen LogP contribution in [0.2, 0.25) is 0 Å². The number of quaternary nitrogens is 1. The molecule has 408 valence electrons.